The number of rotatable bonds is 4. The smallest absolute Gasteiger partial charge is 0.0304 e. The number of piperazine rings is 1. The summed E-state index contributed by atoms with van der Waals surface area (Å²) < 4.78 is 1.22. The molecule has 0 aliphatic carbocycles. The molecule has 2 rings (SSSR count). The number of hydrogen-bond donors (Lipinski definition) is 1. The molecule has 1 heterocycles. The highest BCUT2D eigenvalue weighted by atomic mass is 79.9. The van der Waals surface area contributed by atoms with Gasteiger partial charge in [-0.15, -0.1) is 0 Å². The third-order valence-electron chi connectivity index (χ3n) is 4.16. The van der Waals surface area contributed by atoms with Crippen LogP contribution < -0.4 is 5.32 Å². The van der Waals surface area contributed by atoms with Crippen molar-refractivity contribution in [3.63, 3.8) is 0 Å². The van der Waals surface area contributed by atoms with Crippen molar-refractivity contribution in [2.45, 2.75) is 38.8 Å². The lowest BCUT2D eigenvalue weighted by atomic mass is 9.90. The molecule has 1 aromatic carbocycles. The molecule has 1 saturated heterocycles. The van der Waals surface area contributed by atoms with Crippen LogP contribution in [0.3, 0.4) is 0 Å². The van der Waals surface area contributed by atoms with Crippen molar-refractivity contribution in [2.75, 3.05) is 19.6 Å². The molecular formula is C15H23BrN2. The number of hydrogen-bond acceptors (Lipinski definition) is 2. The zero-order valence-electron chi connectivity index (χ0n) is 11.4. The maximum atomic E-state index is 3.71. The lowest BCUT2D eigenvalue weighted by molar-refractivity contribution is 0.118. The first-order valence-electron chi connectivity index (χ1n) is 6.90. The minimum absolute atomic E-state index is 0.319. The summed E-state index contributed by atoms with van der Waals surface area (Å²) in [4.78, 5) is 2.57. The van der Waals surface area contributed by atoms with Crippen LogP contribution in [0.1, 0.15) is 32.3 Å². The largest absolute Gasteiger partial charge is 0.309 e. The van der Waals surface area contributed by atoms with E-state index in [9.17, 15) is 0 Å². The molecule has 0 aromatic heterocycles. The van der Waals surface area contributed by atoms with Crippen molar-refractivity contribution in [3.8, 4) is 0 Å². The Bertz CT molecular complexity index is 388. The van der Waals surface area contributed by atoms with Crippen LogP contribution in [0.5, 0.6) is 0 Å². The fourth-order valence-corrected chi connectivity index (χ4v) is 3.18. The van der Waals surface area contributed by atoms with Gasteiger partial charge in [0.1, 0.15) is 0 Å². The minimum Gasteiger partial charge on any atom is -0.309 e. The van der Waals surface area contributed by atoms with Crippen molar-refractivity contribution in [1.29, 1.82) is 0 Å². The van der Waals surface area contributed by atoms with Gasteiger partial charge in [0.15, 0.2) is 0 Å². The van der Waals surface area contributed by atoms with Crippen molar-refractivity contribution in [1.82, 2.24) is 10.2 Å². The molecule has 1 aromatic rings. The van der Waals surface area contributed by atoms with Crippen molar-refractivity contribution >= 4 is 15.9 Å². The molecule has 100 valence electrons. The summed E-state index contributed by atoms with van der Waals surface area (Å²) >= 11 is 3.64. The Labute approximate surface area is 119 Å². The van der Waals surface area contributed by atoms with Crippen LogP contribution >= 0.6 is 15.9 Å². The van der Waals surface area contributed by atoms with E-state index in [-0.39, 0.29) is 0 Å². The summed E-state index contributed by atoms with van der Waals surface area (Å²) in [5.74, 6) is 0. The second kappa shape index (κ2) is 6.18. The summed E-state index contributed by atoms with van der Waals surface area (Å²) in [6.45, 7) is 9.03. The molecule has 0 unspecified atom stereocenters. The molecule has 1 fully saturated rings. The fourth-order valence-electron chi connectivity index (χ4n) is 2.77. The van der Waals surface area contributed by atoms with Crippen LogP contribution in [-0.4, -0.2) is 30.1 Å². The van der Waals surface area contributed by atoms with Gasteiger partial charge in [-0.25, -0.2) is 0 Å². The molecule has 1 aliphatic heterocycles. The SMILES string of the molecule is CCC1(CC)CN(Cc2ccccc2Br)CCN1. The van der Waals surface area contributed by atoms with Gasteiger partial charge < -0.3 is 5.32 Å². The Hall–Kier alpha value is -0.380. The predicted octanol–water partition coefficient (Wildman–Crippen LogP) is 3.41. The Morgan fingerprint density at radius 3 is 2.67 bits per heavy atom. The molecule has 3 heteroatoms. The van der Waals surface area contributed by atoms with E-state index in [2.05, 4.69) is 64.3 Å². The van der Waals surface area contributed by atoms with E-state index in [1.165, 1.54) is 22.9 Å². The zero-order valence-corrected chi connectivity index (χ0v) is 13.0. The lowest BCUT2D eigenvalue weighted by Crippen LogP contribution is -2.59. The predicted molar refractivity (Wildman–Crippen MR) is 80.7 cm³/mol. The van der Waals surface area contributed by atoms with Gasteiger partial charge in [0.25, 0.3) is 0 Å². The Morgan fingerprint density at radius 2 is 2.00 bits per heavy atom. The number of benzene rings is 1. The highest BCUT2D eigenvalue weighted by Crippen LogP contribution is 2.23. The second-order valence-electron chi connectivity index (χ2n) is 5.22. The minimum atomic E-state index is 0.319. The summed E-state index contributed by atoms with van der Waals surface area (Å²) in [5, 5.41) is 3.71. The van der Waals surface area contributed by atoms with Gasteiger partial charge in [-0.2, -0.15) is 0 Å². The third kappa shape index (κ3) is 3.14. The van der Waals surface area contributed by atoms with E-state index in [0.717, 1.165) is 26.2 Å². The van der Waals surface area contributed by atoms with Crippen LogP contribution in [0.4, 0.5) is 0 Å². The van der Waals surface area contributed by atoms with E-state index in [4.69, 9.17) is 0 Å². The highest BCUT2D eigenvalue weighted by molar-refractivity contribution is 9.10. The first-order valence-corrected chi connectivity index (χ1v) is 7.69. The van der Waals surface area contributed by atoms with E-state index in [1.54, 1.807) is 0 Å². The first kappa shape index (κ1) is 14.0. The molecule has 0 saturated carbocycles. The second-order valence-corrected chi connectivity index (χ2v) is 6.07. The molecule has 2 nitrogen and oxygen atoms in total. The van der Waals surface area contributed by atoms with E-state index < -0.39 is 0 Å². The maximum Gasteiger partial charge on any atom is 0.0304 e. The molecule has 0 radical (unpaired) electrons. The molecular weight excluding hydrogens is 288 g/mol. The van der Waals surface area contributed by atoms with Gasteiger partial charge in [0.2, 0.25) is 0 Å². The summed E-state index contributed by atoms with van der Waals surface area (Å²) in [6, 6.07) is 8.54. The molecule has 0 bridgehead atoms. The van der Waals surface area contributed by atoms with Crippen LogP contribution in [0.25, 0.3) is 0 Å². The van der Waals surface area contributed by atoms with Crippen molar-refractivity contribution < 1.29 is 0 Å². The number of nitrogens with zero attached hydrogens (tertiary/aromatic N) is 1. The normalized spacial score (nSPS) is 19.9. The first-order chi connectivity index (χ1) is 8.69. The quantitative estimate of drug-likeness (QED) is 0.917. The highest BCUT2D eigenvalue weighted by Gasteiger charge is 2.31. The fraction of sp³-hybridized carbons (Fsp3) is 0.600. The topological polar surface area (TPSA) is 15.3 Å². The zero-order chi connectivity index (χ0) is 13.0. The van der Waals surface area contributed by atoms with Crippen LogP contribution in [0.15, 0.2) is 28.7 Å². The number of halogens is 1. The molecule has 0 spiro atoms. The maximum absolute atomic E-state index is 3.71. The monoisotopic (exact) mass is 310 g/mol. The van der Waals surface area contributed by atoms with Crippen molar-refractivity contribution in [2.24, 2.45) is 0 Å². The summed E-state index contributed by atoms with van der Waals surface area (Å²) in [5.41, 5.74) is 1.71. The van der Waals surface area contributed by atoms with E-state index >= 15 is 0 Å². The molecule has 1 N–H and O–H groups in total. The molecule has 0 amide bonds. The van der Waals surface area contributed by atoms with Gasteiger partial charge in [-0.05, 0) is 24.5 Å². The van der Waals surface area contributed by atoms with Gasteiger partial charge in [0.05, 0.1) is 0 Å². The van der Waals surface area contributed by atoms with Gasteiger partial charge in [-0.1, -0.05) is 48.0 Å². The van der Waals surface area contributed by atoms with Crippen molar-refractivity contribution in [3.05, 3.63) is 34.3 Å². The van der Waals surface area contributed by atoms with Gasteiger partial charge in [-0.3, -0.25) is 4.90 Å². The van der Waals surface area contributed by atoms with E-state index in [1.807, 2.05) is 0 Å². The standard InChI is InChI=1S/C15H23BrN2/c1-3-15(4-2)12-18(10-9-17-15)11-13-7-5-6-8-14(13)16/h5-8,17H,3-4,9-12H2,1-2H3. The lowest BCUT2D eigenvalue weighted by Gasteiger charge is -2.43. The van der Waals surface area contributed by atoms with Crippen LogP contribution in [-0.2, 0) is 6.54 Å². The molecule has 18 heavy (non-hydrogen) atoms. The van der Waals surface area contributed by atoms with Gasteiger partial charge >= 0.3 is 0 Å². The van der Waals surface area contributed by atoms with Crippen LogP contribution in [0, 0.1) is 0 Å². The Morgan fingerprint density at radius 1 is 1.28 bits per heavy atom. The van der Waals surface area contributed by atoms with Crippen LogP contribution in [0.2, 0.25) is 0 Å². The summed E-state index contributed by atoms with van der Waals surface area (Å²) in [6.07, 6.45) is 2.41. The molecule has 0 atom stereocenters. The van der Waals surface area contributed by atoms with E-state index in [0.29, 0.717) is 5.54 Å². The average molecular weight is 311 g/mol. The summed E-state index contributed by atoms with van der Waals surface area (Å²) in [7, 11) is 0. The molecule has 1 aliphatic rings. The average Bonchev–Trinajstić information content (AvgIpc) is 2.41. The Balaban J connectivity index is 2.04. The van der Waals surface area contributed by atoms with Gasteiger partial charge in [0, 0.05) is 36.2 Å². The Kier molecular flexibility index (Phi) is 4.82. The third-order valence-corrected chi connectivity index (χ3v) is 4.93. The number of nitrogens with one attached hydrogen (secondary N) is 1.